The minimum Gasteiger partial charge on any atom is -0.495 e. The maximum Gasteiger partial charge on any atom is 0.266 e. The van der Waals surface area contributed by atoms with Crippen LogP contribution in [0.4, 0.5) is 5.69 Å². The molecule has 0 radical (unpaired) electrons. The lowest BCUT2D eigenvalue weighted by Gasteiger charge is -2.18. The van der Waals surface area contributed by atoms with E-state index in [1.165, 1.54) is 18.1 Å². The lowest BCUT2D eigenvalue weighted by atomic mass is 10.1. The first-order chi connectivity index (χ1) is 11.7. The first-order valence-corrected chi connectivity index (χ1v) is 7.10. The average Bonchev–Trinajstić information content (AvgIpc) is 3.23. The third kappa shape index (κ3) is 1.97. The summed E-state index contributed by atoms with van der Waals surface area (Å²) < 4.78 is 6.75. The number of ether oxygens (including phenoxy) is 1. The van der Waals surface area contributed by atoms with E-state index in [2.05, 4.69) is 15.5 Å². The zero-order valence-corrected chi connectivity index (χ0v) is 12.6. The molecule has 1 aromatic heterocycles. The monoisotopic (exact) mass is 321 g/mol. The van der Waals surface area contributed by atoms with Gasteiger partial charge in [0.25, 0.3) is 11.8 Å². The van der Waals surface area contributed by atoms with Gasteiger partial charge < -0.3 is 4.74 Å². The molecule has 0 unspecified atom stereocenters. The Hall–Kier alpha value is -3.55. The molecule has 8 heteroatoms. The van der Waals surface area contributed by atoms with Gasteiger partial charge in [-0.2, -0.15) is 0 Å². The Kier molecular flexibility index (Phi) is 3.09. The van der Waals surface area contributed by atoms with E-state index in [-0.39, 0.29) is 11.8 Å². The third-order valence-corrected chi connectivity index (χ3v) is 3.81. The molecule has 0 N–H and O–H groups in total. The topological polar surface area (TPSA) is 90.2 Å². The van der Waals surface area contributed by atoms with Crippen molar-refractivity contribution in [2.24, 2.45) is 0 Å². The minimum atomic E-state index is -0.386. The second kappa shape index (κ2) is 5.27. The van der Waals surface area contributed by atoms with E-state index >= 15 is 0 Å². The smallest absolute Gasteiger partial charge is 0.266 e. The molecule has 0 bridgehead atoms. The van der Waals surface area contributed by atoms with Crippen molar-refractivity contribution in [3.05, 3.63) is 59.9 Å². The summed E-state index contributed by atoms with van der Waals surface area (Å²) in [4.78, 5) is 26.5. The number of carbonyl (C=O) groups is 2. The Morgan fingerprint density at radius 3 is 2.29 bits per heavy atom. The zero-order chi connectivity index (χ0) is 16.7. The first kappa shape index (κ1) is 14.1. The second-order valence-corrected chi connectivity index (χ2v) is 5.10. The van der Waals surface area contributed by atoms with Gasteiger partial charge in [0.1, 0.15) is 12.1 Å². The normalized spacial score (nSPS) is 13.3. The Morgan fingerprint density at radius 2 is 1.71 bits per heavy atom. The molecule has 0 aliphatic carbocycles. The van der Waals surface area contributed by atoms with Gasteiger partial charge >= 0.3 is 0 Å². The molecule has 1 aliphatic rings. The number of tetrazole rings is 1. The van der Waals surface area contributed by atoms with E-state index in [1.54, 1.807) is 42.5 Å². The number of rotatable bonds is 3. The Bertz CT molecular complexity index is 917. The first-order valence-electron chi connectivity index (χ1n) is 7.10. The van der Waals surface area contributed by atoms with Gasteiger partial charge in [0.05, 0.1) is 29.6 Å². The number of amides is 2. The van der Waals surface area contributed by atoms with Gasteiger partial charge in [-0.15, -0.1) is 5.10 Å². The van der Waals surface area contributed by atoms with Crippen LogP contribution in [-0.4, -0.2) is 39.1 Å². The minimum absolute atomic E-state index is 0.344. The molecule has 0 saturated carbocycles. The lowest BCUT2D eigenvalue weighted by molar-refractivity contribution is 0.0925. The number of anilines is 1. The van der Waals surface area contributed by atoms with Gasteiger partial charge in [0.2, 0.25) is 0 Å². The van der Waals surface area contributed by atoms with Crippen LogP contribution in [0.5, 0.6) is 5.75 Å². The van der Waals surface area contributed by atoms with E-state index < -0.39 is 0 Å². The van der Waals surface area contributed by atoms with Crippen LogP contribution < -0.4 is 9.64 Å². The molecule has 24 heavy (non-hydrogen) atoms. The Balaban J connectivity index is 1.86. The quantitative estimate of drug-likeness (QED) is 0.679. The van der Waals surface area contributed by atoms with Crippen molar-refractivity contribution < 1.29 is 14.3 Å². The standard InChI is InChI=1S/C16H11N5O3/c1-24-14-7-6-10(20-9-17-18-19-20)8-13(14)21-15(22)11-4-2-3-5-12(11)16(21)23/h2-9H,1H3. The summed E-state index contributed by atoms with van der Waals surface area (Å²) in [6.45, 7) is 0. The molecule has 1 aliphatic heterocycles. The molecular weight excluding hydrogens is 310 g/mol. The van der Waals surface area contributed by atoms with Crippen LogP contribution >= 0.6 is 0 Å². The molecule has 0 fully saturated rings. The molecule has 3 aromatic rings. The Morgan fingerprint density at radius 1 is 1.00 bits per heavy atom. The Labute approximate surface area is 136 Å². The van der Waals surface area contributed by atoms with Gasteiger partial charge in [0.15, 0.2) is 0 Å². The molecule has 4 rings (SSSR count). The van der Waals surface area contributed by atoms with Gasteiger partial charge in [-0.1, -0.05) is 12.1 Å². The molecule has 2 aromatic carbocycles. The highest BCUT2D eigenvalue weighted by Crippen LogP contribution is 2.36. The van der Waals surface area contributed by atoms with E-state index in [0.717, 1.165) is 4.90 Å². The number of aromatic nitrogens is 4. The SMILES string of the molecule is COc1ccc(-n2cnnn2)cc1N1C(=O)c2ccccc2C1=O. The van der Waals surface area contributed by atoms with Crippen LogP contribution in [0.1, 0.15) is 20.7 Å². The molecular formula is C16H11N5O3. The molecule has 2 heterocycles. The highest BCUT2D eigenvalue weighted by atomic mass is 16.5. The number of nitrogens with zero attached hydrogens (tertiary/aromatic N) is 5. The van der Waals surface area contributed by atoms with Crippen molar-refractivity contribution in [2.45, 2.75) is 0 Å². The summed E-state index contributed by atoms with van der Waals surface area (Å²) in [6, 6.07) is 11.7. The number of fused-ring (bicyclic) bond motifs is 1. The van der Waals surface area contributed by atoms with Crippen LogP contribution in [0.3, 0.4) is 0 Å². The summed E-state index contributed by atoms with van der Waals surface area (Å²) in [6.07, 6.45) is 1.42. The van der Waals surface area contributed by atoms with E-state index in [1.807, 2.05) is 0 Å². The van der Waals surface area contributed by atoms with Crippen LogP contribution in [0.25, 0.3) is 5.69 Å². The molecule has 0 spiro atoms. The fourth-order valence-electron chi connectivity index (χ4n) is 2.68. The van der Waals surface area contributed by atoms with Crippen molar-refractivity contribution in [2.75, 3.05) is 12.0 Å². The fraction of sp³-hybridized carbons (Fsp3) is 0.0625. The van der Waals surface area contributed by atoms with Crippen molar-refractivity contribution in [3.8, 4) is 11.4 Å². The van der Waals surface area contributed by atoms with Crippen molar-refractivity contribution >= 4 is 17.5 Å². The van der Waals surface area contributed by atoms with Gasteiger partial charge in [0, 0.05) is 0 Å². The number of hydrogen-bond acceptors (Lipinski definition) is 6. The van der Waals surface area contributed by atoms with E-state index in [0.29, 0.717) is 28.3 Å². The molecule has 2 amide bonds. The number of carbonyl (C=O) groups excluding carboxylic acids is 2. The molecule has 0 saturated heterocycles. The average molecular weight is 321 g/mol. The highest BCUT2D eigenvalue weighted by molar-refractivity contribution is 6.34. The largest absolute Gasteiger partial charge is 0.495 e. The lowest BCUT2D eigenvalue weighted by Crippen LogP contribution is -2.29. The van der Waals surface area contributed by atoms with E-state index in [4.69, 9.17) is 4.74 Å². The molecule has 8 nitrogen and oxygen atoms in total. The highest BCUT2D eigenvalue weighted by Gasteiger charge is 2.37. The molecule has 0 atom stereocenters. The maximum absolute atomic E-state index is 12.7. The number of methoxy groups -OCH3 is 1. The summed E-state index contributed by atoms with van der Waals surface area (Å²) in [5, 5.41) is 11.0. The predicted octanol–water partition coefficient (Wildman–Crippen LogP) is 1.47. The van der Waals surface area contributed by atoms with Gasteiger partial charge in [-0.25, -0.2) is 9.58 Å². The summed E-state index contributed by atoms with van der Waals surface area (Å²) in [7, 11) is 1.48. The second-order valence-electron chi connectivity index (χ2n) is 5.10. The number of imide groups is 1. The predicted molar refractivity (Wildman–Crippen MR) is 83.3 cm³/mol. The van der Waals surface area contributed by atoms with E-state index in [9.17, 15) is 9.59 Å². The van der Waals surface area contributed by atoms with Gasteiger partial charge in [-0.05, 0) is 40.8 Å². The van der Waals surface area contributed by atoms with Crippen LogP contribution in [0.2, 0.25) is 0 Å². The van der Waals surface area contributed by atoms with Crippen LogP contribution in [-0.2, 0) is 0 Å². The van der Waals surface area contributed by atoms with Crippen LogP contribution in [0.15, 0.2) is 48.8 Å². The third-order valence-electron chi connectivity index (χ3n) is 3.81. The fourth-order valence-corrected chi connectivity index (χ4v) is 2.68. The van der Waals surface area contributed by atoms with Crippen LogP contribution in [0, 0.1) is 0 Å². The van der Waals surface area contributed by atoms with Crippen molar-refractivity contribution in [3.63, 3.8) is 0 Å². The summed E-state index contributed by atoms with van der Waals surface area (Å²) in [5.74, 6) is -0.369. The summed E-state index contributed by atoms with van der Waals surface area (Å²) in [5.41, 5.74) is 1.69. The number of hydrogen-bond donors (Lipinski definition) is 0. The van der Waals surface area contributed by atoms with Crippen molar-refractivity contribution in [1.82, 2.24) is 20.2 Å². The zero-order valence-electron chi connectivity index (χ0n) is 12.6. The molecule has 118 valence electrons. The maximum atomic E-state index is 12.7. The van der Waals surface area contributed by atoms with Crippen molar-refractivity contribution in [1.29, 1.82) is 0 Å². The number of benzene rings is 2. The van der Waals surface area contributed by atoms with Gasteiger partial charge in [-0.3, -0.25) is 9.59 Å². The summed E-state index contributed by atoms with van der Waals surface area (Å²) >= 11 is 0.